The molecule has 0 radical (unpaired) electrons. The van der Waals surface area contributed by atoms with E-state index in [1.807, 2.05) is 13.0 Å². The van der Waals surface area contributed by atoms with Crippen LogP contribution in [0.5, 0.6) is 0 Å². The number of aryl methyl sites for hydroxylation is 3. The summed E-state index contributed by atoms with van der Waals surface area (Å²) < 4.78 is 0. The Balaban J connectivity index is 2.46. The summed E-state index contributed by atoms with van der Waals surface area (Å²) in [5, 5.41) is 9.16. The number of aliphatic hydroxyl groups excluding tert-OH is 1. The van der Waals surface area contributed by atoms with Crippen molar-refractivity contribution in [1.29, 1.82) is 0 Å². The molecule has 1 aromatic carbocycles. The average molecular weight is 215 g/mol. The van der Waals surface area contributed by atoms with E-state index in [4.69, 9.17) is 5.11 Å². The molecule has 0 unspecified atom stereocenters. The highest BCUT2D eigenvalue weighted by atomic mass is 16.3. The van der Waals surface area contributed by atoms with Crippen molar-refractivity contribution in [2.24, 2.45) is 0 Å². The van der Waals surface area contributed by atoms with Gasteiger partial charge in [0.2, 0.25) is 0 Å². The highest BCUT2D eigenvalue weighted by Gasteiger charge is 2.06. The zero-order valence-electron chi connectivity index (χ0n) is 9.96. The fourth-order valence-electron chi connectivity index (χ4n) is 1.83. The van der Waals surface area contributed by atoms with Gasteiger partial charge in [0.1, 0.15) is 0 Å². The average Bonchev–Trinajstić information content (AvgIpc) is 2.64. The Labute approximate surface area is 96.0 Å². The molecule has 0 amide bonds. The van der Waals surface area contributed by atoms with E-state index in [1.54, 1.807) is 0 Å². The third kappa shape index (κ3) is 1.89. The van der Waals surface area contributed by atoms with Gasteiger partial charge in [-0.05, 0) is 55.2 Å². The summed E-state index contributed by atoms with van der Waals surface area (Å²) in [6, 6.07) is 8.41. The Morgan fingerprint density at radius 3 is 2.38 bits per heavy atom. The molecule has 0 atom stereocenters. The van der Waals surface area contributed by atoms with Crippen molar-refractivity contribution in [1.82, 2.24) is 4.98 Å². The first-order chi connectivity index (χ1) is 7.61. The number of benzene rings is 1. The molecule has 2 aromatic rings. The van der Waals surface area contributed by atoms with Crippen molar-refractivity contribution >= 4 is 0 Å². The lowest BCUT2D eigenvalue weighted by atomic mass is 10.0. The normalized spacial score (nSPS) is 10.8. The fourth-order valence-corrected chi connectivity index (χ4v) is 1.83. The topological polar surface area (TPSA) is 36.0 Å². The van der Waals surface area contributed by atoms with Crippen LogP contribution in [0.3, 0.4) is 0 Å². The van der Waals surface area contributed by atoms with Gasteiger partial charge in [-0.15, -0.1) is 0 Å². The molecule has 0 aliphatic rings. The van der Waals surface area contributed by atoms with E-state index in [0.29, 0.717) is 0 Å². The first-order valence-corrected chi connectivity index (χ1v) is 5.49. The minimum absolute atomic E-state index is 0.0905. The maximum absolute atomic E-state index is 9.16. The molecule has 0 spiro atoms. The first kappa shape index (κ1) is 11.0. The lowest BCUT2D eigenvalue weighted by molar-refractivity contribution is 0.281. The Kier molecular flexibility index (Phi) is 2.84. The maximum atomic E-state index is 9.16. The number of H-pyrrole nitrogens is 1. The number of rotatable bonds is 2. The highest BCUT2D eigenvalue weighted by Crippen LogP contribution is 2.23. The lowest BCUT2D eigenvalue weighted by Crippen LogP contribution is -1.83. The van der Waals surface area contributed by atoms with E-state index < -0.39 is 0 Å². The molecular weight excluding hydrogens is 198 g/mol. The summed E-state index contributed by atoms with van der Waals surface area (Å²) in [5.41, 5.74) is 6.84. The number of aromatic nitrogens is 1. The van der Waals surface area contributed by atoms with Crippen LogP contribution < -0.4 is 0 Å². The van der Waals surface area contributed by atoms with Crippen molar-refractivity contribution in [3.8, 4) is 11.3 Å². The van der Waals surface area contributed by atoms with E-state index >= 15 is 0 Å². The van der Waals surface area contributed by atoms with Gasteiger partial charge in [0, 0.05) is 11.4 Å². The van der Waals surface area contributed by atoms with Crippen LogP contribution in [0.1, 0.15) is 22.4 Å². The van der Waals surface area contributed by atoms with Crippen LogP contribution in [-0.4, -0.2) is 10.1 Å². The van der Waals surface area contributed by atoms with Crippen LogP contribution in [0.2, 0.25) is 0 Å². The predicted molar refractivity (Wildman–Crippen MR) is 66.4 cm³/mol. The largest absolute Gasteiger partial charge is 0.392 e. The van der Waals surface area contributed by atoms with Gasteiger partial charge in [-0.1, -0.05) is 12.1 Å². The van der Waals surface area contributed by atoms with Gasteiger partial charge in [0.15, 0.2) is 0 Å². The molecule has 2 heteroatoms. The highest BCUT2D eigenvalue weighted by molar-refractivity contribution is 5.63. The second-order valence-electron chi connectivity index (χ2n) is 4.29. The van der Waals surface area contributed by atoms with Gasteiger partial charge in [0.05, 0.1) is 6.61 Å². The fraction of sp³-hybridized carbons (Fsp3) is 0.286. The minimum atomic E-state index is 0.0905. The second-order valence-corrected chi connectivity index (χ2v) is 4.29. The van der Waals surface area contributed by atoms with Crippen LogP contribution in [0.4, 0.5) is 0 Å². The van der Waals surface area contributed by atoms with Gasteiger partial charge >= 0.3 is 0 Å². The van der Waals surface area contributed by atoms with E-state index in [9.17, 15) is 0 Å². The van der Waals surface area contributed by atoms with Gasteiger partial charge in [-0.2, -0.15) is 0 Å². The maximum Gasteiger partial charge on any atom is 0.0699 e. The standard InChI is InChI=1S/C14H17NO/c1-9-4-5-12(6-10(9)2)14-7-13(8-16)11(3)15-14/h4-7,15-16H,8H2,1-3H3. The van der Waals surface area contributed by atoms with Crippen molar-refractivity contribution < 1.29 is 5.11 Å². The molecule has 0 saturated carbocycles. The van der Waals surface area contributed by atoms with Crippen molar-refractivity contribution in [2.45, 2.75) is 27.4 Å². The summed E-state index contributed by atoms with van der Waals surface area (Å²) in [5.74, 6) is 0. The van der Waals surface area contributed by atoms with E-state index in [1.165, 1.54) is 16.7 Å². The molecule has 2 N–H and O–H groups in total. The molecule has 84 valence electrons. The zero-order valence-corrected chi connectivity index (χ0v) is 9.96. The minimum Gasteiger partial charge on any atom is -0.392 e. The summed E-state index contributed by atoms with van der Waals surface area (Å²) in [7, 11) is 0. The van der Waals surface area contributed by atoms with Crippen LogP contribution in [0, 0.1) is 20.8 Å². The first-order valence-electron chi connectivity index (χ1n) is 5.49. The number of hydrogen-bond donors (Lipinski definition) is 2. The predicted octanol–water partition coefficient (Wildman–Crippen LogP) is 3.10. The molecule has 0 aliphatic heterocycles. The molecular formula is C14H17NO. The smallest absolute Gasteiger partial charge is 0.0699 e. The Bertz CT molecular complexity index is 511. The molecule has 0 bridgehead atoms. The quantitative estimate of drug-likeness (QED) is 0.793. The summed E-state index contributed by atoms with van der Waals surface area (Å²) >= 11 is 0. The van der Waals surface area contributed by atoms with Crippen LogP contribution >= 0.6 is 0 Å². The van der Waals surface area contributed by atoms with Crippen LogP contribution in [0.25, 0.3) is 11.3 Å². The summed E-state index contributed by atoms with van der Waals surface area (Å²) in [4.78, 5) is 3.30. The molecule has 2 nitrogen and oxygen atoms in total. The molecule has 0 saturated heterocycles. The number of aliphatic hydroxyl groups is 1. The van der Waals surface area contributed by atoms with Crippen molar-refractivity contribution in [3.05, 3.63) is 46.6 Å². The summed E-state index contributed by atoms with van der Waals surface area (Å²) in [6.07, 6.45) is 0. The lowest BCUT2D eigenvalue weighted by Gasteiger charge is -2.03. The molecule has 1 aromatic heterocycles. The third-order valence-electron chi connectivity index (χ3n) is 3.11. The third-order valence-corrected chi connectivity index (χ3v) is 3.11. The monoisotopic (exact) mass is 215 g/mol. The van der Waals surface area contributed by atoms with E-state index in [0.717, 1.165) is 17.0 Å². The number of aromatic amines is 1. The molecule has 0 aliphatic carbocycles. The Hall–Kier alpha value is -1.54. The van der Waals surface area contributed by atoms with E-state index in [2.05, 4.69) is 37.0 Å². The Morgan fingerprint density at radius 1 is 1.06 bits per heavy atom. The SMILES string of the molecule is Cc1ccc(-c2cc(CO)c(C)[nH]2)cc1C. The van der Waals surface area contributed by atoms with E-state index in [-0.39, 0.29) is 6.61 Å². The van der Waals surface area contributed by atoms with Gasteiger partial charge < -0.3 is 10.1 Å². The molecule has 1 heterocycles. The van der Waals surface area contributed by atoms with Gasteiger partial charge in [-0.25, -0.2) is 0 Å². The van der Waals surface area contributed by atoms with Crippen molar-refractivity contribution in [3.63, 3.8) is 0 Å². The van der Waals surface area contributed by atoms with Gasteiger partial charge in [0.25, 0.3) is 0 Å². The van der Waals surface area contributed by atoms with Gasteiger partial charge in [-0.3, -0.25) is 0 Å². The Morgan fingerprint density at radius 2 is 1.81 bits per heavy atom. The number of hydrogen-bond acceptors (Lipinski definition) is 1. The molecule has 0 fully saturated rings. The van der Waals surface area contributed by atoms with Crippen LogP contribution in [0.15, 0.2) is 24.3 Å². The zero-order chi connectivity index (χ0) is 11.7. The molecule has 2 rings (SSSR count). The van der Waals surface area contributed by atoms with Crippen LogP contribution in [-0.2, 0) is 6.61 Å². The number of nitrogens with one attached hydrogen (secondary N) is 1. The second kappa shape index (κ2) is 4.14. The molecule has 16 heavy (non-hydrogen) atoms. The van der Waals surface area contributed by atoms with Crippen molar-refractivity contribution in [2.75, 3.05) is 0 Å². The summed E-state index contributed by atoms with van der Waals surface area (Å²) in [6.45, 7) is 6.29.